The zero-order valence-electron chi connectivity index (χ0n) is 17.2. The topological polar surface area (TPSA) is 69.0 Å². The molecular weight excluding hydrogens is 444 g/mol. The van der Waals surface area contributed by atoms with Crippen molar-refractivity contribution in [2.75, 3.05) is 11.1 Å². The van der Waals surface area contributed by atoms with Crippen molar-refractivity contribution < 1.29 is 9.53 Å². The summed E-state index contributed by atoms with van der Waals surface area (Å²) < 4.78 is 7.94. The summed E-state index contributed by atoms with van der Waals surface area (Å²) in [5, 5.41) is 15.1. The number of fused-ring (bicyclic) bond motifs is 1. The van der Waals surface area contributed by atoms with E-state index in [1.807, 2.05) is 54.6 Å². The lowest BCUT2D eigenvalue weighted by Crippen LogP contribution is -2.15. The first-order valence-corrected chi connectivity index (χ1v) is 11.8. The molecule has 1 saturated carbocycles. The Morgan fingerprint density at radius 1 is 1.06 bits per heavy atom. The van der Waals surface area contributed by atoms with Crippen molar-refractivity contribution in [3.63, 3.8) is 0 Å². The van der Waals surface area contributed by atoms with Gasteiger partial charge in [0, 0.05) is 11.7 Å². The van der Waals surface area contributed by atoms with Crippen LogP contribution in [0.4, 0.5) is 5.69 Å². The van der Waals surface area contributed by atoms with E-state index in [9.17, 15) is 4.79 Å². The Bertz CT molecular complexity index is 1270. The number of carbonyl (C=O) groups excluding carboxylic acids is 1. The molecule has 6 nitrogen and oxygen atoms in total. The van der Waals surface area contributed by atoms with Crippen LogP contribution in [0.3, 0.4) is 0 Å². The standard InChI is InChI=1S/C24H21ClN4O2S/c25-20-7-3-4-8-21(20)31-14-22-27-28-24(29(22)19-11-12-19)32-15-23(30)26-18-10-9-16-5-1-2-6-17(16)13-18/h1-10,13,19H,11-12,14-15H2,(H,26,30). The fraction of sp³-hybridized carbons (Fsp3) is 0.208. The van der Waals surface area contributed by atoms with Gasteiger partial charge in [-0.1, -0.05) is 65.8 Å². The lowest BCUT2D eigenvalue weighted by atomic mass is 10.1. The summed E-state index contributed by atoms with van der Waals surface area (Å²) in [5.74, 6) is 1.53. The molecule has 0 radical (unpaired) electrons. The van der Waals surface area contributed by atoms with Crippen LogP contribution in [0.5, 0.6) is 5.75 Å². The third-order valence-corrected chi connectivity index (χ3v) is 6.46. The minimum absolute atomic E-state index is 0.0792. The van der Waals surface area contributed by atoms with Crippen LogP contribution in [0.2, 0.25) is 5.02 Å². The highest BCUT2D eigenvalue weighted by Gasteiger charge is 2.30. The van der Waals surface area contributed by atoms with E-state index in [0.717, 1.165) is 40.3 Å². The number of nitrogens with zero attached hydrogens (tertiary/aromatic N) is 3. The van der Waals surface area contributed by atoms with E-state index in [1.165, 1.54) is 11.8 Å². The summed E-state index contributed by atoms with van der Waals surface area (Å²) in [6, 6.07) is 21.7. The summed E-state index contributed by atoms with van der Waals surface area (Å²) in [7, 11) is 0. The van der Waals surface area contributed by atoms with Gasteiger partial charge >= 0.3 is 0 Å². The first-order valence-electron chi connectivity index (χ1n) is 10.4. The SMILES string of the molecule is O=C(CSc1nnc(COc2ccccc2Cl)n1C1CC1)Nc1ccc2ccccc2c1. The third kappa shape index (κ3) is 4.74. The van der Waals surface area contributed by atoms with Gasteiger partial charge in [-0.2, -0.15) is 0 Å². The van der Waals surface area contributed by atoms with Crippen LogP contribution in [-0.2, 0) is 11.4 Å². The maximum atomic E-state index is 12.5. The fourth-order valence-corrected chi connectivity index (χ4v) is 4.52. The van der Waals surface area contributed by atoms with E-state index >= 15 is 0 Å². The highest BCUT2D eigenvalue weighted by atomic mass is 35.5. The summed E-state index contributed by atoms with van der Waals surface area (Å²) in [6.45, 7) is 0.275. The van der Waals surface area contributed by atoms with Crippen LogP contribution in [0, 0.1) is 0 Å². The number of rotatable bonds is 8. The molecule has 8 heteroatoms. The van der Waals surface area contributed by atoms with Gasteiger partial charge in [0.25, 0.3) is 0 Å². The average molecular weight is 465 g/mol. The first kappa shape index (κ1) is 20.8. The van der Waals surface area contributed by atoms with Crippen LogP contribution >= 0.6 is 23.4 Å². The molecule has 0 saturated heterocycles. The number of hydrogen-bond acceptors (Lipinski definition) is 5. The Hall–Kier alpha value is -3.03. The Morgan fingerprint density at radius 3 is 2.66 bits per heavy atom. The molecule has 4 aromatic rings. The molecule has 0 atom stereocenters. The van der Waals surface area contributed by atoms with E-state index in [1.54, 1.807) is 6.07 Å². The van der Waals surface area contributed by atoms with Crippen molar-refractivity contribution in [3.05, 3.63) is 77.6 Å². The number of thioether (sulfide) groups is 1. The number of hydrogen-bond donors (Lipinski definition) is 1. The van der Waals surface area contributed by atoms with E-state index in [4.69, 9.17) is 16.3 Å². The number of para-hydroxylation sites is 1. The predicted octanol–water partition coefficient (Wildman–Crippen LogP) is 5.73. The van der Waals surface area contributed by atoms with Crippen molar-refractivity contribution >= 4 is 45.7 Å². The molecule has 0 bridgehead atoms. The molecule has 5 rings (SSSR count). The summed E-state index contributed by atoms with van der Waals surface area (Å²) >= 11 is 7.56. The van der Waals surface area contributed by atoms with Gasteiger partial charge in [-0.05, 0) is 47.9 Å². The monoisotopic (exact) mass is 464 g/mol. The van der Waals surface area contributed by atoms with Crippen LogP contribution in [-0.4, -0.2) is 26.4 Å². The number of aromatic nitrogens is 3. The third-order valence-electron chi connectivity index (χ3n) is 5.21. The zero-order valence-corrected chi connectivity index (χ0v) is 18.8. The van der Waals surface area contributed by atoms with Crippen LogP contribution in [0.1, 0.15) is 24.7 Å². The lowest BCUT2D eigenvalue weighted by molar-refractivity contribution is -0.113. The molecule has 1 N–H and O–H groups in total. The van der Waals surface area contributed by atoms with E-state index in [0.29, 0.717) is 16.8 Å². The Morgan fingerprint density at radius 2 is 1.84 bits per heavy atom. The van der Waals surface area contributed by atoms with Crippen molar-refractivity contribution in [1.82, 2.24) is 14.8 Å². The molecule has 1 heterocycles. The number of amides is 1. The van der Waals surface area contributed by atoms with Crippen molar-refractivity contribution in [2.24, 2.45) is 0 Å². The van der Waals surface area contributed by atoms with E-state index in [-0.39, 0.29) is 18.3 Å². The second-order valence-corrected chi connectivity index (χ2v) is 8.97. The molecule has 3 aromatic carbocycles. The molecule has 0 unspecified atom stereocenters. The summed E-state index contributed by atoms with van der Waals surface area (Å²) in [5.41, 5.74) is 0.784. The number of ether oxygens (including phenoxy) is 1. The van der Waals surface area contributed by atoms with Gasteiger partial charge in [-0.15, -0.1) is 10.2 Å². The molecule has 1 fully saturated rings. The van der Waals surface area contributed by atoms with E-state index < -0.39 is 0 Å². The highest BCUT2D eigenvalue weighted by molar-refractivity contribution is 7.99. The number of benzene rings is 3. The normalized spacial score (nSPS) is 13.3. The maximum Gasteiger partial charge on any atom is 0.234 e. The first-order chi connectivity index (χ1) is 15.7. The van der Waals surface area contributed by atoms with Gasteiger partial charge in [-0.25, -0.2) is 0 Å². The molecule has 1 aliphatic carbocycles. The molecule has 1 amide bonds. The Kier molecular flexibility index (Phi) is 6.01. The van der Waals surface area contributed by atoms with Gasteiger partial charge in [0.15, 0.2) is 11.0 Å². The van der Waals surface area contributed by atoms with Crippen LogP contribution in [0.15, 0.2) is 71.9 Å². The largest absolute Gasteiger partial charge is 0.484 e. The lowest BCUT2D eigenvalue weighted by Gasteiger charge is -2.11. The van der Waals surface area contributed by atoms with Gasteiger partial charge in [0.05, 0.1) is 10.8 Å². The second kappa shape index (κ2) is 9.22. The number of carbonyl (C=O) groups is 1. The number of halogens is 1. The molecule has 0 spiro atoms. The summed E-state index contributed by atoms with van der Waals surface area (Å²) in [4.78, 5) is 12.5. The fourth-order valence-electron chi connectivity index (χ4n) is 3.50. The van der Waals surface area contributed by atoms with Gasteiger partial charge in [0.2, 0.25) is 5.91 Å². The van der Waals surface area contributed by atoms with Crippen molar-refractivity contribution in [1.29, 1.82) is 0 Å². The predicted molar refractivity (Wildman–Crippen MR) is 127 cm³/mol. The van der Waals surface area contributed by atoms with E-state index in [2.05, 4.69) is 26.1 Å². The van der Waals surface area contributed by atoms with Gasteiger partial charge in [0.1, 0.15) is 12.4 Å². The van der Waals surface area contributed by atoms with Gasteiger partial charge in [-0.3, -0.25) is 9.36 Å². The van der Waals surface area contributed by atoms with Crippen LogP contribution < -0.4 is 10.1 Å². The molecule has 0 aliphatic heterocycles. The highest BCUT2D eigenvalue weighted by Crippen LogP contribution is 2.39. The quantitative estimate of drug-likeness (QED) is 0.337. The minimum atomic E-state index is -0.0792. The van der Waals surface area contributed by atoms with Crippen LogP contribution in [0.25, 0.3) is 10.8 Å². The minimum Gasteiger partial charge on any atom is -0.484 e. The zero-order chi connectivity index (χ0) is 21.9. The molecule has 1 aliphatic rings. The van der Waals surface area contributed by atoms with Crippen molar-refractivity contribution in [3.8, 4) is 5.75 Å². The summed E-state index contributed by atoms with van der Waals surface area (Å²) in [6.07, 6.45) is 2.15. The second-order valence-electron chi connectivity index (χ2n) is 7.62. The molecule has 162 valence electrons. The smallest absolute Gasteiger partial charge is 0.234 e. The maximum absolute atomic E-state index is 12.5. The molecular formula is C24H21ClN4O2S. The Labute approximate surface area is 194 Å². The Balaban J connectivity index is 1.23. The number of anilines is 1. The van der Waals surface area contributed by atoms with Gasteiger partial charge < -0.3 is 10.1 Å². The molecule has 32 heavy (non-hydrogen) atoms. The average Bonchev–Trinajstić information content (AvgIpc) is 3.57. The molecule has 1 aromatic heterocycles. The number of nitrogens with one attached hydrogen (secondary N) is 1. The van der Waals surface area contributed by atoms with Crippen molar-refractivity contribution in [2.45, 2.75) is 30.6 Å².